The SMILES string of the molecule is COc1ccc(OCCC(=O)N[C@H](CN2CCCC2)[C@H](O)c2ccc(OC)c(C)c2)cc1. The van der Waals surface area contributed by atoms with Gasteiger partial charge in [-0.1, -0.05) is 6.07 Å². The molecule has 1 amide bonds. The van der Waals surface area contributed by atoms with E-state index >= 15 is 0 Å². The standard InChI is InChI=1S/C25H34N2O5/c1-18-16-19(6-11-23(18)31-3)25(29)22(17-27-13-4-5-14-27)26-24(28)12-15-32-21-9-7-20(30-2)8-10-21/h6-11,16,22,25,29H,4-5,12-15,17H2,1-3H3,(H,26,28)/t22-,25-/m1/s1. The molecule has 0 spiro atoms. The number of aryl methyl sites for hydroxylation is 1. The third kappa shape index (κ3) is 6.61. The Kier molecular flexibility index (Phi) is 8.76. The Morgan fingerprint density at radius 1 is 1.06 bits per heavy atom. The van der Waals surface area contributed by atoms with Gasteiger partial charge >= 0.3 is 0 Å². The summed E-state index contributed by atoms with van der Waals surface area (Å²) in [7, 11) is 3.24. The summed E-state index contributed by atoms with van der Waals surface area (Å²) in [5.74, 6) is 2.06. The summed E-state index contributed by atoms with van der Waals surface area (Å²) in [5, 5.41) is 14.1. The van der Waals surface area contributed by atoms with Crippen LogP contribution in [0.3, 0.4) is 0 Å². The molecule has 174 valence electrons. The van der Waals surface area contributed by atoms with Gasteiger partial charge in [0.2, 0.25) is 5.91 Å². The number of hydrogen-bond acceptors (Lipinski definition) is 6. The number of nitrogens with zero attached hydrogens (tertiary/aromatic N) is 1. The number of methoxy groups -OCH3 is 2. The van der Waals surface area contributed by atoms with Gasteiger partial charge in [0.25, 0.3) is 0 Å². The summed E-state index contributed by atoms with van der Waals surface area (Å²) in [6.07, 6.45) is 1.69. The largest absolute Gasteiger partial charge is 0.497 e. The molecule has 1 saturated heterocycles. The number of amides is 1. The quantitative estimate of drug-likeness (QED) is 0.557. The van der Waals surface area contributed by atoms with Crippen LogP contribution in [-0.2, 0) is 4.79 Å². The monoisotopic (exact) mass is 442 g/mol. The van der Waals surface area contributed by atoms with Crippen LogP contribution in [0, 0.1) is 6.92 Å². The lowest BCUT2D eigenvalue weighted by molar-refractivity contribution is -0.123. The van der Waals surface area contributed by atoms with Crippen LogP contribution >= 0.6 is 0 Å². The van der Waals surface area contributed by atoms with Gasteiger partial charge in [0.15, 0.2) is 0 Å². The van der Waals surface area contributed by atoms with Gasteiger partial charge in [0.05, 0.1) is 33.3 Å². The number of aliphatic hydroxyl groups is 1. The van der Waals surface area contributed by atoms with Crippen molar-refractivity contribution in [3.05, 3.63) is 53.6 Å². The number of benzene rings is 2. The number of likely N-dealkylation sites (tertiary alicyclic amines) is 1. The number of rotatable bonds is 11. The zero-order valence-corrected chi connectivity index (χ0v) is 19.2. The van der Waals surface area contributed by atoms with E-state index in [1.54, 1.807) is 14.2 Å². The van der Waals surface area contributed by atoms with Crippen molar-refractivity contribution >= 4 is 5.91 Å². The molecule has 1 aliphatic rings. The molecule has 3 rings (SSSR count). The Balaban J connectivity index is 1.59. The molecule has 7 heteroatoms. The van der Waals surface area contributed by atoms with Crippen LogP contribution < -0.4 is 19.5 Å². The summed E-state index contributed by atoms with van der Waals surface area (Å²) in [6, 6.07) is 12.5. The van der Waals surface area contributed by atoms with Crippen molar-refractivity contribution in [2.75, 3.05) is 40.5 Å². The molecule has 2 atom stereocenters. The minimum absolute atomic E-state index is 0.146. The molecule has 2 aromatic rings. The average Bonchev–Trinajstić information content (AvgIpc) is 3.31. The first kappa shape index (κ1) is 23.9. The van der Waals surface area contributed by atoms with E-state index in [4.69, 9.17) is 14.2 Å². The van der Waals surface area contributed by atoms with Crippen LogP contribution in [0.5, 0.6) is 17.2 Å². The molecular formula is C25H34N2O5. The Morgan fingerprint density at radius 2 is 1.75 bits per heavy atom. The van der Waals surface area contributed by atoms with E-state index < -0.39 is 12.1 Å². The first-order valence-electron chi connectivity index (χ1n) is 11.1. The van der Waals surface area contributed by atoms with Crippen molar-refractivity contribution in [2.45, 2.75) is 38.3 Å². The van der Waals surface area contributed by atoms with Crippen molar-refractivity contribution in [3.8, 4) is 17.2 Å². The molecule has 0 radical (unpaired) electrons. The van der Waals surface area contributed by atoms with Gasteiger partial charge in [0.1, 0.15) is 23.4 Å². The van der Waals surface area contributed by atoms with Crippen molar-refractivity contribution in [1.82, 2.24) is 10.2 Å². The van der Waals surface area contributed by atoms with Crippen LogP contribution in [0.15, 0.2) is 42.5 Å². The zero-order valence-electron chi connectivity index (χ0n) is 19.2. The molecular weight excluding hydrogens is 408 g/mol. The first-order valence-corrected chi connectivity index (χ1v) is 11.1. The molecule has 1 heterocycles. The highest BCUT2D eigenvalue weighted by atomic mass is 16.5. The smallest absolute Gasteiger partial charge is 0.223 e. The summed E-state index contributed by atoms with van der Waals surface area (Å²) < 4.78 is 16.1. The predicted molar refractivity (Wildman–Crippen MR) is 123 cm³/mol. The lowest BCUT2D eigenvalue weighted by Gasteiger charge is -2.29. The molecule has 0 saturated carbocycles. The maximum Gasteiger partial charge on any atom is 0.223 e. The van der Waals surface area contributed by atoms with Crippen LogP contribution in [-0.4, -0.2) is 62.4 Å². The Labute approximate surface area is 190 Å². The molecule has 0 bridgehead atoms. The molecule has 1 fully saturated rings. The maximum atomic E-state index is 12.7. The van der Waals surface area contributed by atoms with E-state index in [0.29, 0.717) is 12.3 Å². The van der Waals surface area contributed by atoms with E-state index in [1.165, 1.54) is 0 Å². The van der Waals surface area contributed by atoms with E-state index in [9.17, 15) is 9.90 Å². The Morgan fingerprint density at radius 3 is 2.38 bits per heavy atom. The molecule has 2 N–H and O–H groups in total. The minimum Gasteiger partial charge on any atom is -0.497 e. The van der Waals surface area contributed by atoms with E-state index in [2.05, 4.69) is 10.2 Å². The molecule has 7 nitrogen and oxygen atoms in total. The maximum absolute atomic E-state index is 12.7. The van der Waals surface area contributed by atoms with Gasteiger partial charge in [-0.2, -0.15) is 0 Å². The number of carbonyl (C=O) groups excluding carboxylic acids is 1. The number of carbonyl (C=O) groups is 1. The normalized spacial score (nSPS) is 15.8. The van der Waals surface area contributed by atoms with Crippen molar-refractivity contribution in [2.24, 2.45) is 0 Å². The first-order chi connectivity index (χ1) is 15.5. The van der Waals surface area contributed by atoms with Gasteiger partial charge in [-0.15, -0.1) is 0 Å². The number of nitrogens with one attached hydrogen (secondary N) is 1. The second-order valence-electron chi connectivity index (χ2n) is 8.13. The van der Waals surface area contributed by atoms with Crippen molar-refractivity contribution < 1.29 is 24.1 Å². The molecule has 0 unspecified atom stereocenters. The fourth-order valence-electron chi connectivity index (χ4n) is 4.00. The number of hydrogen-bond donors (Lipinski definition) is 2. The summed E-state index contributed by atoms with van der Waals surface area (Å²) in [4.78, 5) is 15.0. The molecule has 2 aromatic carbocycles. The lowest BCUT2D eigenvalue weighted by atomic mass is 9.99. The highest BCUT2D eigenvalue weighted by Gasteiger charge is 2.27. The second-order valence-corrected chi connectivity index (χ2v) is 8.13. The fourth-order valence-corrected chi connectivity index (χ4v) is 4.00. The molecule has 0 aromatic heterocycles. The Bertz CT molecular complexity index is 865. The molecule has 1 aliphatic heterocycles. The highest BCUT2D eigenvalue weighted by molar-refractivity contribution is 5.76. The minimum atomic E-state index is -0.813. The van der Waals surface area contributed by atoms with Crippen LogP contribution in [0.1, 0.15) is 36.5 Å². The van der Waals surface area contributed by atoms with Crippen LogP contribution in [0.25, 0.3) is 0 Å². The third-order valence-electron chi connectivity index (χ3n) is 5.80. The van der Waals surface area contributed by atoms with E-state index in [0.717, 1.165) is 48.6 Å². The topological polar surface area (TPSA) is 80.3 Å². The predicted octanol–water partition coefficient (Wildman–Crippen LogP) is 3.10. The third-order valence-corrected chi connectivity index (χ3v) is 5.80. The van der Waals surface area contributed by atoms with E-state index in [1.807, 2.05) is 49.4 Å². The fraction of sp³-hybridized carbons (Fsp3) is 0.480. The highest BCUT2D eigenvalue weighted by Crippen LogP contribution is 2.25. The zero-order chi connectivity index (χ0) is 22.9. The Hall–Kier alpha value is -2.77. The molecule has 32 heavy (non-hydrogen) atoms. The molecule has 0 aliphatic carbocycles. The van der Waals surface area contributed by atoms with Crippen LogP contribution in [0.4, 0.5) is 0 Å². The van der Waals surface area contributed by atoms with E-state index in [-0.39, 0.29) is 18.9 Å². The summed E-state index contributed by atoms with van der Waals surface area (Å²) in [5.41, 5.74) is 1.71. The lowest BCUT2D eigenvalue weighted by Crippen LogP contribution is -2.47. The number of aliphatic hydroxyl groups excluding tert-OH is 1. The number of ether oxygens (including phenoxy) is 3. The summed E-state index contributed by atoms with van der Waals surface area (Å²) in [6.45, 7) is 4.78. The second kappa shape index (κ2) is 11.7. The van der Waals surface area contributed by atoms with Gasteiger partial charge < -0.3 is 29.5 Å². The summed E-state index contributed by atoms with van der Waals surface area (Å²) >= 11 is 0. The van der Waals surface area contributed by atoms with Gasteiger partial charge in [-0.25, -0.2) is 0 Å². The van der Waals surface area contributed by atoms with Crippen molar-refractivity contribution in [1.29, 1.82) is 0 Å². The van der Waals surface area contributed by atoms with Crippen LogP contribution in [0.2, 0.25) is 0 Å². The van der Waals surface area contributed by atoms with Gasteiger partial charge in [-0.05, 0) is 80.4 Å². The van der Waals surface area contributed by atoms with Gasteiger partial charge in [-0.3, -0.25) is 4.79 Å². The average molecular weight is 443 g/mol. The van der Waals surface area contributed by atoms with Gasteiger partial charge in [0, 0.05) is 6.54 Å². The van der Waals surface area contributed by atoms with Crippen molar-refractivity contribution in [3.63, 3.8) is 0 Å².